The van der Waals surface area contributed by atoms with Crippen molar-refractivity contribution in [3.63, 3.8) is 0 Å². The molecule has 0 atom stereocenters. The molecular weight excluding hydrogens is 347 g/mol. The van der Waals surface area contributed by atoms with Crippen LogP contribution in [-0.2, 0) is 11.9 Å². The molecule has 0 radical (unpaired) electrons. The maximum Gasteiger partial charge on any atom is 0.416 e. The summed E-state index contributed by atoms with van der Waals surface area (Å²) in [6.07, 6.45) is -4.31. The standard InChI is InChI=1S/C18H16F3N3S/c1-12-4-3-5-16(10-12)24-13(2)22-23-17(24)25-11-14-6-8-15(9-7-14)18(19,20)21/h3-10H,11H2,1-2H3. The van der Waals surface area contributed by atoms with Gasteiger partial charge >= 0.3 is 6.18 Å². The van der Waals surface area contributed by atoms with Gasteiger partial charge in [0.25, 0.3) is 0 Å². The van der Waals surface area contributed by atoms with Crippen molar-refractivity contribution in [3.05, 3.63) is 71.0 Å². The summed E-state index contributed by atoms with van der Waals surface area (Å²) in [5.41, 5.74) is 2.26. The van der Waals surface area contributed by atoms with Crippen LogP contribution in [-0.4, -0.2) is 14.8 Å². The number of aryl methyl sites for hydroxylation is 2. The number of rotatable bonds is 4. The normalized spacial score (nSPS) is 11.7. The van der Waals surface area contributed by atoms with Crippen molar-refractivity contribution in [2.45, 2.75) is 30.9 Å². The minimum absolute atomic E-state index is 0.516. The van der Waals surface area contributed by atoms with Crippen molar-refractivity contribution in [2.75, 3.05) is 0 Å². The van der Waals surface area contributed by atoms with Crippen molar-refractivity contribution in [1.29, 1.82) is 0 Å². The Hall–Kier alpha value is -2.28. The van der Waals surface area contributed by atoms with Gasteiger partial charge in [0.1, 0.15) is 5.82 Å². The number of alkyl halides is 3. The molecule has 1 heterocycles. The molecule has 0 bridgehead atoms. The van der Waals surface area contributed by atoms with E-state index in [-0.39, 0.29) is 0 Å². The highest BCUT2D eigenvalue weighted by Gasteiger charge is 2.29. The molecule has 130 valence electrons. The van der Waals surface area contributed by atoms with E-state index in [2.05, 4.69) is 10.2 Å². The van der Waals surface area contributed by atoms with Crippen LogP contribution in [0.25, 0.3) is 5.69 Å². The monoisotopic (exact) mass is 363 g/mol. The van der Waals surface area contributed by atoms with Crippen LogP contribution in [0.2, 0.25) is 0 Å². The molecule has 0 fully saturated rings. The molecule has 0 saturated heterocycles. The molecule has 0 spiro atoms. The predicted octanol–water partition coefficient (Wildman–Crippen LogP) is 5.20. The third-order valence-electron chi connectivity index (χ3n) is 3.70. The summed E-state index contributed by atoms with van der Waals surface area (Å²) in [5, 5.41) is 9.03. The Bertz CT molecular complexity index is 870. The van der Waals surface area contributed by atoms with E-state index in [1.54, 1.807) is 0 Å². The summed E-state index contributed by atoms with van der Waals surface area (Å²) in [4.78, 5) is 0. The fourth-order valence-electron chi connectivity index (χ4n) is 2.44. The summed E-state index contributed by atoms with van der Waals surface area (Å²) in [7, 11) is 0. The summed E-state index contributed by atoms with van der Waals surface area (Å²) < 4.78 is 39.8. The van der Waals surface area contributed by atoms with E-state index in [0.29, 0.717) is 10.9 Å². The van der Waals surface area contributed by atoms with E-state index < -0.39 is 11.7 Å². The highest BCUT2D eigenvalue weighted by Crippen LogP contribution is 2.30. The predicted molar refractivity (Wildman–Crippen MR) is 91.8 cm³/mol. The fourth-order valence-corrected chi connectivity index (χ4v) is 3.39. The van der Waals surface area contributed by atoms with Crippen LogP contribution in [0.1, 0.15) is 22.5 Å². The van der Waals surface area contributed by atoms with Gasteiger partial charge in [-0.1, -0.05) is 36.0 Å². The minimum atomic E-state index is -4.31. The molecule has 0 amide bonds. The van der Waals surface area contributed by atoms with Gasteiger partial charge in [-0.05, 0) is 49.2 Å². The SMILES string of the molecule is Cc1cccc(-n2c(C)nnc2SCc2ccc(C(F)(F)F)cc2)c1. The van der Waals surface area contributed by atoms with Gasteiger partial charge in [0, 0.05) is 11.4 Å². The molecular formula is C18H16F3N3S. The second-order valence-corrected chi connectivity index (χ2v) is 6.63. The van der Waals surface area contributed by atoms with E-state index in [1.807, 2.05) is 42.7 Å². The van der Waals surface area contributed by atoms with Crippen LogP contribution in [0.5, 0.6) is 0 Å². The zero-order valence-corrected chi connectivity index (χ0v) is 14.5. The van der Waals surface area contributed by atoms with Crippen LogP contribution in [0.3, 0.4) is 0 Å². The van der Waals surface area contributed by atoms with Crippen LogP contribution in [0.15, 0.2) is 53.7 Å². The number of nitrogens with zero attached hydrogens (tertiary/aromatic N) is 3. The van der Waals surface area contributed by atoms with Crippen LogP contribution in [0, 0.1) is 13.8 Å². The molecule has 0 N–H and O–H groups in total. The van der Waals surface area contributed by atoms with E-state index in [9.17, 15) is 13.2 Å². The lowest BCUT2D eigenvalue weighted by Crippen LogP contribution is -2.04. The second kappa shape index (κ2) is 6.92. The Balaban J connectivity index is 1.78. The first-order valence-corrected chi connectivity index (χ1v) is 8.61. The molecule has 0 aliphatic rings. The molecule has 2 aromatic carbocycles. The second-order valence-electron chi connectivity index (χ2n) is 5.69. The molecule has 0 aliphatic carbocycles. The first-order chi connectivity index (χ1) is 11.8. The van der Waals surface area contributed by atoms with Crippen molar-refractivity contribution in [3.8, 4) is 5.69 Å². The number of thioether (sulfide) groups is 1. The third-order valence-corrected chi connectivity index (χ3v) is 4.70. The number of halogens is 3. The minimum Gasteiger partial charge on any atom is -0.274 e. The van der Waals surface area contributed by atoms with Gasteiger partial charge in [-0.25, -0.2) is 0 Å². The maximum absolute atomic E-state index is 12.6. The number of benzene rings is 2. The Kier molecular flexibility index (Phi) is 4.85. The number of hydrogen-bond donors (Lipinski definition) is 0. The van der Waals surface area contributed by atoms with Crippen molar-refractivity contribution in [1.82, 2.24) is 14.8 Å². The fraction of sp³-hybridized carbons (Fsp3) is 0.222. The lowest BCUT2D eigenvalue weighted by atomic mass is 10.1. The molecule has 1 aromatic heterocycles. The number of aromatic nitrogens is 3. The maximum atomic E-state index is 12.6. The molecule has 25 heavy (non-hydrogen) atoms. The molecule has 0 unspecified atom stereocenters. The molecule has 0 aliphatic heterocycles. The van der Waals surface area contributed by atoms with Gasteiger partial charge < -0.3 is 0 Å². The van der Waals surface area contributed by atoms with E-state index in [1.165, 1.54) is 23.9 Å². The molecule has 3 aromatic rings. The van der Waals surface area contributed by atoms with Gasteiger partial charge in [0.05, 0.1) is 5.56 Å². The molecule has 3 rings (SSSR count). The Morgan fingerprint density at radius 1 is 1.00 bits per heavy atom. The summed E-state index contributed by atoms with van der Waals surface area (Å²) in [6, 6.07) is 13.2. The topological polar surface area (TPSA) is 30.7 Å². The Labute approximate surface area is 147 Å². The molecule has 0 saturated carbocycles. The average molecular weight is 363 g/mol. The van der Waals surface area contributed by atoms with Gasteiger partial charge in [-0.3, -0.25) is 4.57 Å². The van der Waals surface area contributed by atoms with E-state index >= 15 is 0 Å². The van der Waals surface area contributed by atoms with Crippen LogP contribution < -0.4 is 0 Å². The zero-order chi connectivity index (χ0) is 18.0. The molecule has 7 heteroatoms. The van der Waals surface area contributed by atoms with Crippen molar-refractivity contribution in [2.24, 2.45) is 0 Å². The van der Waals surface area contributed by atoms with Gasteiger partial charge in [-0.15, -0.1) is 10.2 Å². The largest absolute Gasteiger partial charge is 0.416 e. The highest BCUT2D eigenvalue weighted by molar-refractivity contribution is 7.98. The van der Waals surface area contributed by atoms with Gasteiger partial charge in [-0.2, -0.15) is 13.2 Å². The van der Waals surface area contributed by atoms with E-state index in [0.717, 1.165) is 34.8 Å². The summed E-state index contributed by atoms with van der Waals surface area (Å²) in [5.74, 6) is 1.28. The zero-order valence-electron chi connectivity index (χ0n) is 13.7. The van der Waals surface area contributed by atoms with Gasteiger partial charge in [0.15, 0.2) is 5.16 Å². The lowest BCUT2D eigenvalue weighted by Gasteiger charge is -2.10. The Morgan fingerprint density at radius 2 is 1.72 bits per heavy atom. The van der Waals surface area contributed by atoms with Gasteiger partial charge in [0.2, 0.25) is 0 Å². The van der Waals surface area contributed by atoms with Crippen LogP contribution in [0.4, 0.5) is 13.2 Å². The highest BCUT2D eigenvalue weighted by atomic mass is 32.2. The quantitative estimate of drug-likeness (QED) is 0.597. The smallest absolute Gasteiger partial charge is 0.274 e. The number of hydrogen-bond acceptors (Lipinski definition) is 3. The average Bonchev–Trinajstić information content (AvgIpc) is 2.93. The van der Waals surface area contributed by atoms with Crippen molar-refractivity contribution < 1.29 is 13.2 Å². The third kappa shape index (κ3) is 4.04. The lowest BCUT2D eigenvalue weighted by molar-refractivity contribution is -0.137. The summed E-state index contributed by atoms with van der Waals surface area (Å²) >= 11 is 1.44. The first kappa shape index (κ1) is 17.5. The van der Waals surface area contributed by atoms with Crippen LogP contribution >= 0.6 is 11.8 Å². The molecule has 3 nitrogen and oxygen atoms in total. The van der Waals surface area contributed by atoms with Crippen molar-refractivity contribution >= 4 is 11.8 Å². The summed E-state index contributed by atoms with van der Waals surface area (Å²) in [6.45, 7) is 3.88. The Morgan fingerprint density at radius 3 is 2.36 bits per heavy atom. The van der Waals surface area contributed by atoms with E-state index in [4.69, 9.17) is 0 Å². The first-order valence-electron chi connectivity index (χ1n) is 7.62.